The molecule has 3 aromatic carbocycles. The molecule has 3 N–H and O–H groups in total. The minimum Gasteiger partial charge on any atom is -0.493 e. The highest BCUT2D eigenvalue weighted by molar-refractivity contribution is 6.32. The smallest absolute Gasteiger partial charge is 0.338 e. The van der Waals surface area contributed by atoms with Crippen LogP contribution in [0.15, 0.2) is 71.0 Å². The molecule has 0 bridgehead atoms. The van der Waals surface area contributed by atoms with Gasteiger partial charge in [0.05, 0.1) is 48.6 Å². The number of hydrogen-bond acceptors (Lipinski definition) is 11. The van der Waals surface area contributed by atoms with Crippen LogP contribution in [0.25, 0.3) is 0 Å². The third-order valence-electron chi connectivity index (χ3n) is 6.80. The normalized spacial score (nSPS) is 14.1. The van der Waals surface area contributed by atoms with Gasteiger partial charge in [0.1, 0.15) is 6.61 Å². The summed E-state index contributed by atoms with van der Waals surface area (Å²) in [6.45, 7) is 3.04. The first kappa shape index (κ1) is 35.0. The Morgan fingerprint density at radius 1 is 1.06 bits per heavy atom. The zero-order chi connectivity index (χ0) is 34.8. The van der Waals surface area contributed by atoms with E-state index in [4.69, 9.17) is 35.3 Å². The summed E-state index contributed by atoms with van der Waals surface area (Å²) in [5.74, 6) is -0.161. The number of nitrogens with one attached hydrogen (secondary N) is 3. The SMILES string of the molecule is CCOC(=O)C1=C(C)NC(=O)N[C@H]1c1ccc(OCC(=O)N/N=C\c2cc(Cl)c(OCc3cccc([N+](=O)[O-])c3)c(OC)c2)c(OC)c1. The first-order chi connectivity index (χ1) is 23.0. The number of nitro benzene ring substituents is 1. The van der Waals surface area contributed by atoms with Gasteiger partial charge in [-0.1, -0.05) is 29.8 Å². The summed E-state index contributed by atoms with van der Waals surface area (Å²) < 4.78 is 27.4. The number of non-ortho nitro benzene ring substituents is 1. The molecule has 0 saturated heterocycles. The summed E-state index contributed by atoms with van der Waals surface area (Å²) in [6, 6.07) is 12.6. The van der Waals surface area contributed by atoms with Crippen molar-refractivity contribution in [2.45, 2.75) is 26.5 Å². The Labute approximate surface area is 279 Å². The third kappa shape index (κ3) is 8.70. The van der Waals surface area contributed by atoms with E-state index in [-0.39, 0.29) is 52.5 Å². The molecule has 1 aliphatic heterocycles. The predicted molar refractivity (Wildman–Crippen MR) is 173 cm³/mol. The van der Waals surface area contributed by atoms with Crippen LogP contribution in [0.5, 0.6) is 23.0 Å². The van der Waals surface area contributed by atoms with E-state index < -0.39 is 35.5 Å². The Balaban J connectivity index is 1.37. The van der Waals surface area contributed by atoms with Crippen LogP contribution in [0, 0.1) is 10.1 Å². The quantitative estimate of drug-likeness (QED) is 0.0941. The van der Waals surface area contributed by atoms with Crippen LogP contribution in [-0.2, 0) is 20.9 Å². The van der Waals surface area contributed by atoms with Crippen molar-refractivity contribution in [1.29, 1.82) is 0 Å². The van der Waals surface area contributed by atoms with Crippen LogP contribution >= 0.6 is 11.6 Å². The second-order valence-electron chi connectivity index (χ2n) is 10.0. The van der Waals surface area contributed by atoms with Crippen molar-refractivity contribution in [3.8, 4) is 23.0 Å². The van der Waals surface area contributed by atoms with Crippen LogP contribution in [0.2, 0.25) is 5.02 Å². The van der Waals surface area contributed by atoms with E-state index in [0.29, 0.717) is 22.4 Å². The fraction of sp³-hybridized carbons (Fsp3) is 0.250. The maximum Gasteiger partial charge on any atom is 0.338 e. The molecule has 252 valence electrons. The lowest BCUT2D eigenvalue weighted by Gasteiger charge is -2.28. The second-order valence-corrected chi connectivity index (χ2v) is 10.4. The summed E-state index contributed by atoms with van der Waals surface area (Å²) in [6.07, 6.45) is 1.34. The molecule has 0 fully saturated rings. The number of allylic oxidation sites excluding steroid dienone is 1. The van der Waals surface area contributed by atoms with Crippen molar-refractivity contribution in [2.24, 2.45) is 5.10 Å². The summed E-state index contributed by atoms with van der Waals surface area (Å²) in [5, 5.41) is 20.5. The molecule has 0 radical (unpaired) electrons. The minimum atomic E-state index is -0.806. The molecule has 48 heavy (non-hydrogen) atoms. The molecule has 0 saturated carbocycles. The lowest BCUT2D eigenvalue weighted by atomic mass is 9.95. The molecule has 0 aliphatic carbocycles. The third-order valence-corrected chi connectivity index (χ3v) is 7.08. The Morgan fingerprint density at radius 3 is 2.54 bits per heavy atom. The minimum absolute atomic E-state index is 0.00867. The van der Waals surface area contributed by atoms with E-state index >= 15 is 0 Å². The summed E-state index contributed by atoms with van der Waals surface area (Å²) in [4.78, 5) is 47.8. The van der Waals surface area contributed by atoms with Gasteiger partial charge < -0.3 is 34.3 Å². The number of amides is 3. The Hall–Kier alpha value is -5.83. The topological polar surface area (TPSA) is 189 Å². The highest BCUT2D eigenvalue weighted by Gasteiger charge is 2.32. The molecule has 3 amide bonds. The number of methoxy groups -OCH3 is 2. The Bertz CT molecular complexity index is 1780. The number of carbonyl (C=O) groups excluding carboxylic acids is 3. The molecule has 1 aliphatic rings. The fourth-order valence-corrected chi connectivity index (χ4v) is 4.90. The number of nitrogens with zero attached hydrogens (tertiary/aromatic N) is 2. The first-order valence-corrected chi connectivity index (χ1v) is 14.7. The van der Waals surface area contributed by atoms with Gasteiger partial charge >= 0.3 is 12.0 Å². The zero-order valence-corrected chi connectivity index (χ0v) is 27.1. The van der Waals surface area contributed by atoms with Gasteiger partial charge in [-0.05, 0) is 54.8 Å². The maximum absolute atomic E-state index is 12.6. The zero-order valence-electron chi connectivity index (χ0n) is 26.3. The van der Waals surface area contributed by atoms with E-state index in [9.17, 15) is 24.5 Å². The number of hydrazone groups is 1. The molecule has 4 rings (SSSR count). The van der Waals surface area contributed by atoms with Crippen molar-refractivity contribution in [3.63, 3.8) is 0 Å². The van der Waals surface area contributed by atoms with Crippen molar-refractivity contribution in [2.75, 3.05) is 27.4 Å². The van der Waals surface area contributed by atoms with Crippen LogP contribution in [-0.4, -0.2) is 56.5 Å². The molecule has 0 spiro atoms. The molecule has 1 heterocycles. The maximum atomic E-state index is 12.6. The second kappa shape index (κ2) is 16.1. The van der Waals surface area contributed by atoms with Gasteiger partial charge in [-0.2, -0.15) is 5.10 Å². The van der Waals surface area contributed by atoms with Crippen molar-refractivity contribution < 1.29 is 43.0 Å². The van der Waals surface area contributed by atoms with Crippen molar-refractivity contribution in [3.05, 3.63) is 97.7 Å². The van der Waals surface area contributed by atoms with Gasteiger partial charge in [-0.3, -0.25) is 14.9 Å². The average molecular weight is 682 g/mol. The number of urea groups is 1. The lowest BCUT2D eigenvalue weighted by Crippen LogP contribution is -2.45. The number of ether oxygens (including phenoxy) is 5. The van der Waals surface area contributed by atoms with Gasteiger partial charge in [0.2, 0.25) is 0 Å². The molecule has 16 heteroatoms. The predicted octanol–water partition coefficient (Wildman–Crippen LogP) is 4.56. The molecule has 0 unspecified atom stereocenters. The van der Waals surface area contributed by atoms with Crippen molar-refractivity contribution in [1.82, 2.24) is 16.1 Å². The standard InChI is InChI=1S/C32H32ClN5O10/c1-5-46-31(40)28-18(2)35-32(41)36-29(28)21-9-10-24(25(14-21)44-3)47-17-27(39)37-34-15-20-12-23(33)30(26(13-20)45-4)48-16-19-7-6-8-22(11-19)38(42)43/h6-15,29H,5,16-17H2,1-4H3,(H,37,39)(H2,35,36,41)/b34-15-/t29-/m0/s1. The van der Waals surface area contributed by atoms with Crippen LogP contribution < -0.4 is 35.0 Å². The fourth-order valence-electron chi connectivity index (χ4n) is 4.63. The number of nitro groups is 1. The van der Waals surface area contributed by atoms with Crippen LogP contribution in [0.1, 0.15) is 36.6 Å². The highest BCUT2D eigenvalue weighted by atomic mass is 35.5. The van der Waals surface area contributed by atoms with Gasteiger partial charge in [0.15, 0.2) is 29.6 Å². The van der Waals surface area contributed by atoms with Gasteiger partial charge in [0.25, 0.3) is 11.6 Å². The van der Waals surface area contributed by atoms with E-state index in [1.54, 1.807) is 56.3 Å². The molecular formula is C32H32ClN5O10. The first-order valence-electron chi connectivity index (χ1n) is 14.4. The van der Waals surface area contributed by atoms with Gasteiger partial charge in [0, 0.05) is 17.8 Å². The number of halogens is 1. The monoisotopic (exact) mass is 681 g/mol. The van der Waals surface area contributed by atoms with Crippen LogP contribution in [0.3, 0.4) is 0 Å². The van der Waals surface area contributed by atoms with E-state index in [2.05, 4.69) is 21.2 Å². The van der Waals surface area contributed by atoms with Gasteiger partial charge in [-0.25, -0.2) is 15.0 Å². The molecule has 1 atom stereocenters. The Morgan fingerprint density at radius 2 is 1.83 bits per heavy atom. The summed E-state index contributed by atoms with van der Waals surface area (Å²) in [5.41, 5.74) is 4.47. The van der Waals surface area contributed by atoms with E-state index in [0.717, 1.165) is 0 Å². The average Bonchev–Trinajstić information content (AvgIpc) is 3.06. The number of carbonyl (C=O) groups is 3. The summed E-state index contributed by atoms with van der Waals surface area (Å²) >= 11 is 6.42. The Kier molecular flexibility index (Phi) is 11.8. The number of rotatable bonds is 14. The van der Waals surface area contributed by atoms with Gasteiger partial charge in [-0.15, -0.1) is 0 Å². The number of esters is 1. The van der Waals surface area contributed by atoms with E-state index in [1.165, 1.54) is 32.6 Å². The largest absolute Gasteiger partial charge is 0.493 e. The summed E-state index contributed by atoms with van der Waals surface area (Å²) in [7, 11) is 2.83. The van der Waals surface area contributed by atoms with Crippen molar-refractivity contribution >= 4 is 41.4 Å². The highest BCUT2D eigenvalue weighted by Crippen LogP contribution is 2.37. The molecule has 15 nitrogen and oxygen atoms in total. The molecule has 0 aromatic heterocycles. The number of hydrogen-bond donors (Lipinski definition) is 3. The van der Waals surface area contributed by atoms with Crippen LogP contribution in [0.4, 0.5) is 10.5 Å². The van der Waals surface area contributed by atoms with E-state index in [1.807, 2.05) is 0 Å². The molecule has 3 aromatic rings. The lowest BCUT2D eigenvalue weighted by molar-refractivity contribution is -0.384. The number of benzene rings is 3. The molecular weight excluding hydrogens is 650 g/mol.